The smallest absolute Gasteiger partial charge is 0.242 e. The molecule has 0 unspecified atom stereocenters. The number of hydrogen-bond donors (Lipinski definition) is 1. The van der Waals surface area contributed by atoms with Crippen molar-refractivity contribution >= 4 is 21.8 Å². The highest BCUT2D eigenvalue weighted by Crippen LogP contribution is 2.41. The van der Waals surface area contributed by atoms with E-state index < -0.39 is 0 Å². The lowest BCUT2D eigenvalue weighted by Crippen LogP contribution is -2.51. The molecule has 1 aromatic carbocycles. The number of aromatic nitrogens is 4. The second-order valence-corrected chi connectivity index (χ2v) is 5.92. The van der Waals surface area contributed by atoms with Gasteiger partial charge in [-0.3, -0.25) is 4.79 Å². The highest BCUT2D eigenvalue weighted by molar-refractivity contribution is 9.10. The van der Waals surface area contributed by atoms with E-state index in [1.54, 1.807) is 0 Å². The Morgan fingerprint density at radius 2 is 2.30 bits per heavy atom. The fourth-order valence-electron chi connectivity index (χ4n) is 2.51. The number of rotatable bonds is 4. The third kappa shape index (κ3) is 2.58. The van der Waals surface area contributed by atoms with Crippen LogP contribution in [0.25, 0.3) is 0 Å². The van der Waals surface area contributed by atoms with E-state index in [-0.39, 0.29) is 18.0 Å². The minimum atomic E-state index is -0.241. The van der Waals surface area contributed by atoms with Crippen LogP contribution >= 0.6 is 15.9 Å². The number of nitrogens with one attached hydrogen (secondary N) is 1. The number of halogens is 1. The Balaban J connectivity index is 1.75. The van der Waals surface area contributed by atoms with Gasteiger partial charge in [0.2, 0.25) is 5.91 Å². The summed E-state index contributed by atoms with van der Waals surface area (Å²) >= 11 is 3.48. The molecule has 0 spiro atoms. The van der Waals surface area contributed by atoms with Gasteiger partial charge in [-0.25, -0.2) is 4.68 Å². The molecule has 6 nitrogen and oxygen atoms in total. The predicted octanol–water partition coefficient (Wildman–Crippen LogP) is 1.63. The Labute approximate surface area is 124 Å². The molecule has 1 fully saturated rings. The zero-order chi connectivity index (χ0) is 14.0. The molecular weight excluding hydrogens is 322 g/mol. The second-order valence-electron chi connectivity index (χ2n) is 5.00. The lowest BCUT2D eigenvalue weighted by molar-refractivity contribution is -0.125. The van der Waals surface area contributed by atoms with Crippen LogP contribution in [0.3, 0.4) is 0 Å². The van der Waals surface area contributed by atoms with Crippen molar-refractivity contribution in [2.45, 2.75) is 31.3 Å². The van der Waals surface area contributed by atoms with E-state index in [9.17, 15) is 4.79 Å². The lowest BCUT2D eigenvalue weighted by Gasteiger charge is -2.43. The average Bonchev–Trinajstić information content (AvgIpc) is 2.86. The molecule has 2 aromatic rings. The van der Waals surface area contributed by atoms with Gasteiger partial charge in [-0.05, 0) is 47.4 Å². The van der Waals surface area contributed by atoms with Gasteiger partial charge in [0.05, 0.1) is 5.54 Å². The Morgan fingerprint density at radius 3 is 2.90 bits per heavy atom. The van der Waals surface area contributed by atoms with Crippen molar-refractivity contribution in [3.8, 4) is 0 Å². The molecule has 0 saturated heterocycles. The molecule has 1 N–H and O–H groups in total. The number of tetrazole rings is 1. The third-order valence-electron chi connectivity index (χ3n) is 3.66. The highest BCUT2D eigenvalue weighted by Gasteiger charge is 2.40. The molecule has 1 heterocycles. The van der Waals surface area contributed by atoms with Gasteiger partial charge in [-0.15, -0.1) is 5.10 Å². The third-order valence-corrected chi connectivity index (χ3v) is 4.15. The maximum absolute atomic E-state index is 12.1. The first kappa shape index (κ1) is 13.2. The van der Waals surface area contributed by atoms with Crippen molar-refractivity contribution in [2.75, 3.05) is 0 Å². The highest BCUT2D eigenvalue weighted by atomic mass is 79.9. The molecule has 1 aliphatic carbocycles. The van der Waals surface area contributed by atoms with E-state index in [4.69, 9.17) is 0 Å². The molecule has 0 bridgehead atoms. The van der Waals surface area contributed by atoms with Gasteiger partial charge in [-0.2, -0.15) is 0 Å². The fraction of sp³-hybridized carbons (Fsp3) is 0.385. The van der Waals surface area contributed by atoms with Crippen molar-refractivity contribution in [2.24, 2.45) is 0 Å². The molecule has 20 heavy (non-hydrogen) atoms. The first-order valence-corrected chi connectivity index (χ1v) is 7.25. The summed E-state index contributed by atoms with van der Waals surface area (Å²) < 4.78 is 2.44. The van der Waals surface area contributed by atoms with Gasteiger partial charge < -0.3 is 5.32 Å². The van der Waals surface area contributed by atoms with Gasteiger partial charge in [0.1, 0.15) is 12.9 Å². The van der Waals surface area contributed by atoms with Crippen molar-refractivity contribution in [3.63, 3.8) is 0 Å². The fourth-order valence-corrected chi connectivity index (χ4v) is 2.91. The van der Waals surface area contributed by atoms with Crippen LogP contribution in [0, 0.1) is 0 Å². The van der Waals surface area contributed by atoms with E-state index in [1.165, 1.54) is 11.0 Å². The van der Waals surface area contributed by atoms with E-state index in [0.717, 1.165) is 29.3 Å². The van der Waals surface area contributed by atoms with E-state index in [1.807, 2.05) is 12.1 Å². The van der Waals surface area contributed by atoms with Crippen LogP contribution in [0.4, 0.5) is 0 Å². The summed E-state index contributed by atoms with van der Waals surface area (Å²) in [6.07, 6.45) is 4.49. The van der Waals surface area contributed by atoms with Gasteiger partial charge in [0, 0.05) is 4.47 Å². The largest absolute Gasteiger partial charge is 0.345 e. The van der Waals surface area contributed by atoms with Crippen LogP contribution in [0.15, 0.2) is 35.1 Å². The van der Waals surface area contributed by atoms with Crippen LogP contribution in [0.1, 0.15) is 24.8 Å². The van der Waals surface area contributed by atoms with Gasteiger partial charge in [0.15, 0.2) is 0 Å². The minimum Gasteiger partial charge on any atom is -0.345 e. The lowest BCUT2D eigenvalue weighted by atomic mass is 9.72. The Morgan fingerprint density at radius 1 is 1.45 bits per heavy atom. The van der Waals surface area contributed by atoms with Crippen molar-refractivity contribution in [1.29, 1.82) is 0 Å². The molecule has 0 atom stereocenters. The number of hydrogen-bond acceptors (Lipinski definition) is 4. The molecule has 3 rings (SSSR count). The predicted molar refractivity (Wildman–Crippen MR) is 75.6 cm³/mol. The molecule has 1 saturated carbocycles. The number of carbonyl (C=O) groups excluding carboxylic acids is 1. The Bertz CT molecular complexity index is 609. The molecule has 1 amide bonds. The van der Waals surface area contributed by atoms with Crippen molar-refractivity contribution in [1.82, 2.24) is 25.5 Å². The number of amides is 1. The molecule has 1 aliphatic rings. The molecule has 0 aliphatic heterocycles. The molecule has 1 aromatic heterocycles. The van der Waals surface area contributed by atoms with Crippen LogP contribution < -0.4 is 5.32 Å². The summed E-state index contributed by atoms with van der Waals surface area (Å²) in [6.45, 7) is 0.142. The van der Waals surface area contributed by atoms with Gasteiger partial charge >= 0.3 is 0 Å². The first-order chi connectivity index (χ1) is 9.68. The average molecular weight is 336 g/mol. The number of benzene rings is 1. The number of nitrogens with zero attached hydrogens (tertiary/aromatic N) is 4. The number of carbonyl (C=O) groups is 1. The summed E-state index contributed by atoms with van der Waals surface area (Å²) in [6, 6.07) is 8.10. The van der Waals surface area contributed by atoms with Crippen LogP contribution in [0.5, 0.6) is 0 Å². The maximum Gasteiger partial charge on any atom is 0.242 e. The topological polar surface area (TPSA) is 72.7 Å². The normalized spacial score (nSPS) is 16.4. The summed E-state index contributed by atoms with van der Waals surface area (Å²) in [5.74, 6) is -0.0722. The van der Waals surface area contributed by atoms with Crippen LogP contribution in [-0.2, 0) is 16.9 Å². The second kappa shape index (κ2) is 5.32. The van der Waals surface area contributed by atoms with E-state index >= 15 is 0 Å². The molecular formula is C13H14BrN5O. The molecule has 7 heteroatoms. The van der Waals surface area contributed by atoms with E-state index in [0.29, 0.717) is 0 Å². The summed E-state index contributed by atoms with van der Waals surface area (Å²) in [7, 11) is 0. The van der Waals surface area contributed by atoms with E-state index in [2.05, 4.69) is 48.9 Å². The minimum absolute atomic E-state index is 0.0722. The maximum atomic E-state index is 12.1. The zero-order valence-electron chi connectivity index (χ0n) is 10.8. The summed E-state index contributed by atoms with van der Waals surface area (Å²) in [5, 5.41) is 13.9. The van der Waals surface area contributed by atoms with Gasteiger partial charge in [-0.1, -0.05) is 28.1 Å². The quantitative estimate of drug-likeness (QED) is 0.921. The Hall–Kier alpha value is -1.76. The first-order valence-electron chi connectivity index (χ1n) is 6.46. The van der Waals surface area contributed by atoms with Crippen LogP contribution in [0.2, 0.25) is 0 Å². The standard InChI is InChI=1S/C13H14BrN5O/c14-11-4-1-3-10(7-11)13(5-2-6-13)16-12(20)8-19-9-15-17-18-19/h1,3-4,7,9H,2,5-6,8H2,(H,16,20). The monoisotopic (exact) mass is 335 g/mol. The zero-order valence-corrected chi connectivity index (χ0v) is 12.4. The summed E-state index contributed by atoms with van der Waals surface area (Å²) in [4.78, 5) is 12.1. The van der Waals surface area contributed by atoms with Crippen molar-refractivity contribution < 1.29 is 4.79 Å². The Kier molecular flexibility index (Phi) is 3.52. The molecule has 0 radical (unpaired) electrons. The van der Waals surface area contributed by atoms with Crippen molar-refractivity contribution in [3.05, 3.63) is 40.6 Å². The van der Waals surface area contributed by atoms with Gasteiger partial charge in [0.25, 0.3) is 0 Å². The van der Waals surface area contributed by atoms with Crippen LogP contribution in [-0.4, -0.2) is 26.1 Å². The molecule has 104 valence electrons. The summed E-state index contributed by atoms with van der Waals surface area (Å²) in [5.41, 5.74) is 0.901. The SMILES string of the molecule is O=C(Cn1cnnn1)NC1(c2cccc(Br)c2)CCC1.